The van der Waals surface area contributed by atoms with Crippen molar-refractivity contribution in [1.29, 1.82) is 5.26 Å². The molecule has 0 spiro atoms. The van der Waals surface area contributed by atoms with Crippen LogP contribution in [0.2, 0.25) is 0 Å². The summed E-state index contributed by atoms with van der Waals surface area (Å²) in [4.78, 5) is 13.3. The van der Waals surface area contributed by atoms with Gasteiger partial charge in [-0.3, -0.25) is 4.79 Å². The molecule has 29 heavy (non-hydrogen) atoms. The molecule has 1 fully saturated rings. The van der Waals surface area contributed by atoms with E-state index in [9.17, 15) is 14.4 Å². The molecular weight excluding hydrogens is 371 g/mol. The van der Waals surface area contributed by atoms with Crippen molar-refractivity contribution < 1.29 is 18.7 Å². The van der Waals surface area contributed by atoms with E-state index in [0.717, 1.165) is 6.42 Å². The second-order valence-corrected chi connectivity index (χ2v) is 7.28. The lowest BCUT2D eigenvalue weighted by atomic mass is 9.73. The molecule has 2 aromatic rings. The molecule has 1 aliphatic rings. The molecule has 0 bridgehead atoms. The Balaban J connectivity index is 1.91. The minimum Gasteiger partial charge on any atom is -0.491 e. The van der Waals surface area contributed by atoms with Crippen LogP contribution in [0.1, 0.15) is 44.2 Å². The van der Waals surface area contributed by atoms with Gasteiger partial charge in [-0.1, -0.05) is 25.1 Å². The normalized spacial score (nSPS) is 16.5. The number of carbonyl (C=O) groups excluding carboxylic acids is 1. The smallest absolute Gasteiger partial charge is 0.235 e. The van der Waals surface area contributed by atoms with E-state index in [1.165, 1.54) is 6.07 Å². The van der Waals surface area contributed by atoms with Crippen molar-refractivity contribution in [2.75, 3.05) is 18.5 Å². The first-order valence-electron chi connectivity index (χ1n) is 9.85. The van der Waals surface area contributed by atoms with Gasteiger partial charge in [0.25, 0.3) is 0 Å². The molecule has 2 aromatic carbocycles. The molecule has 0 aromatic heterocycles. The minimum absolute atomic E-state index is 0.0218. The van der Waals surface area contributed by atoms with Crippen LogP contribution in [0.4, 0.5) is 10.1 Å². The Kier molecular flexibility index (Phi) is 6.50. The Morgan fingerprint density at radius 3 is 2.69 bits per heavy atom. The number of rotatable bonds is 6. The Bertz CT molecular complexity index is 917. The molecular formula is C23H25FN2O3. The number of hydrogen-bond donors (Lipinski definition) is 1. The third-order valence-electron chi connectivity index (χ3n) is 5.44. The molecule has 3 rings (SSSR count). The van der Waals surface area contributed by atoms with Gasteiger partial charge in [0.2, 0.25) is 5.91 Å². The molecule has 1 saturated heterocycles. The van der Waals surface area contributed by atoms with Crippen molar-refractivity contribution >= 4 is 11.6 Å². The zero-order valence-electron chi connectivity index (χ0n) is 16.7. The average molecular weight is 396 g/mol. The van der Waals surface area contributed by atoms with Crippen molar-refractivity contribution in [2.24, 2.45) is 0 Å². The first-order valence-corrected chi connectivity index (χ1v) is 9.85. The van der Waals surface area contributed by atoms with E-state index in [1.54, 1.807) is 36.4 Å². The highest BCUT2D eigenvalue weighted by molar-refractivity contribution is 6.00. The number of ether oxygens (including phenoxy) is 2. The SMILES string of the molecule is CC[C@H](C)Oc1ccc(NC(=O)C2(c3ccccc3F)CCOCC2)c(C#N)c1. The number of nitriles is 1. The molecule has 1 atom stereocenters. The van der Waals surface area contributed by atoms with Crippen LogP contribution in [-0.4, -0.2) is 25.2 Å². The Morgan fingerprint density at radius 2 is 2.03 bits per heavy atom. The first-order chi connectivity index (χ1) is 14.0. The summed E-state index contributed by atoms with van der Waals surface area (Å²) in [5.41, 5.74) is 0.00417. The van der Waals surface area contributed by atoms with Crippen LogP contribution in [0.3, 0.4) is 0 Å². The number of benzene rings is 2. The van der Waals surface area contributed by atoms with Crippen LogP contribution < -0.4 is 10.1 Å². The lowest BCUT2D eigenvalue weighted by Gasteiger charge is -2.36. The van der Waals surface area contributed by atoms with Crippen LogP contribution in [0.25, 0.3) is 0 Å². The fraction of sp³-hybridized carbons (Fsp3) is 0.391. The predicted octanol–water partition coefficient (Wildman–Crippen LogP) is 4.56. The summed E-state index contributed by atoms with van der Waals surface area (Å²) >= 11 is 0. The van der Waals surface area contributed by atoms with Crippen LogP contribution in [0.5, 0.6) is 5.75 Å². The van der Waals surface area contributed by atoms with Crippen LogP contribution >= 0.6 is 0 Å². The number of nitrogens with one attached hydrogen (secondary N) is 1. The number of hydrogen-bond acceptors (Lipinski definition) is 4. The summed E-state index contributed by atoms with van der Waals surface area (Å²) in [7, 11) is 0. The standard InChI is InChI=1S/C23H25FN2O3/c1-3-16(2)29-18-8-9-21(17(14-18)15-25)26-22(27)23(10-12-28-13-11-23)19-6-4-5-7-20(19)24/h4-9,14,16H,3,10-13H2,1-2H3,(H,26,27)/t16-/m0/s1. The maximum atomic E-state index is 14.6. The maximum absolute atomic E-state index is 14.6. The molecule has 6 heteroatoms. The van der Waals surface area contributed by atoms with Gasteiger partial charge in [0.1, 0.15) is 17.6 Å². The largest absolute Gasteiger partial charge is 0.491 e. The van der Waals surface area contributed by atoms with E-state index in [0.29, 0.717) is 48.6 Å². The molecule has 1 heterocycles. The van der Waals surface area contributed by atoms with Crippen molar-refractivity contribution in [3.8, 4) is 11.8 Å². The second-order valence-electron chi connectivity index (χ2n) is 7.28. The topological polar surface area (TPSA) is 71.3 Å². The van der Waals surface area contributed by atoms with E-state index < -0.39 is 11.2 Å². The third-order valence-corrected chi connectivity index (χ3v) is 5.44. The van der Waals surface area contributed by atoms with Gasteiger partial charge in [0.15, 0.2) is 0 Å². The van der Waals surface area contributed by atoms with E-state index >= 15 is 0 Å². The van der Waals surface area contributed by atoms with Crippen molar-refractivity contribution in [3.63, 3.8) is 0 Å². The Hall–Kier alpha value is -2.91. The van der Waals surface area contributed by atoms with Crippen molar-refractivity contribution in [2.45, 2.75) is 44.6 Å². The molecule has 1 amide bonds. The summed E-state index contributed by atoms with van der Waals surface area (Å²) < 4.78 is 25.8. The Morgan fingerprint density at radius 1 is 1.31 bits per heavy atom. The molecule has 0 aliphatic carbocycles. The number of halogens is 1. The zero-order valence-corrected chi connectivity index (χ0v) is 16.7. The monoisotopic (exact) mass is 396 g/mol. The quantitative estimate of drug-likeness (QED) is 0.777. The van der Waals surface area contributed by atoms with Gasteiger partial charge < -0.3 is 14.8 Å². The van der Waals surface area contributed by atoms with E-state index in [1.807, 2.05) is 13.8 Å². The lowest BCUT2D eigenvalue weighted by molar-refractivity contribution is -0.125. The number of nitrogens with zero attached hydrogens (tertiary/aromatic N) is 1. The summed E-state index contributed by atoms with van der Waals surface area (Å²) in [6.45, 7) is 4.70. The predicted molar refractivity (Wildman–Crippen MR) is 108 cm³/mol. The Labute approximate surface area is 170 Å². The summed E-state index contributed by atoms with van der Waals surface area (Å²) in [5, 5.41) is 12.4. The summed E-state index contributed by atoms with van der Waals surface area (Å²) in [5.74, 6) is -0.177. The van der Waals surface area contributed by atoms with Gasteiger partial charge >= 0.3 is 0 Å². The molecule has 1 N–H and O–H groups in total. The van der Waals surface area contributed by atoms with Gasteiger partial charge in [-0.05, 0) is 44.4 Å². The van der Waals surface area contributed by atoms with Crippen LogP contribution in [-0.2, 0) is 14.9 Å². The highest BCUT2D eigenvalue weighted by atomic mass is 19.1. The average Bonchev–Trinajstić information content (AvgIpc) is 2.75. The van der Waals surface area contributed by atoms with Gasteiger partial charge in [-0.15, -0.1) is 0 Å². The summed E-state index contributed by atoms with van der Waals surface area (Å²) in [6, 6.07) is 13.4. The van der Waals surface area contributed by atoms with Gasteiger partial charge in [0.05, 0.1) is 22.8 Å². The van der Waals surface area contributed by atoms with Crippen molar-refractivity contribution in [3.05, 3.63) is 59.4 Å². The minimum atomic E-state index is -1.04. The highest BCUT2D eigenvalue weighted by Gasteiger charge is 2.43. The van der Waals surface area contributed by atoms with Gasteiger partial charge in [0, 0.05) is 24.8 Å². The van der Waals surface area contributed by atoms with E-state index in [-0.39, 0.29) is 12.0 Å². The number of carbonyl (C=O) groups is 1. The summed E-state index contributed by atoms with van der Waals surface area (Å²) in [6.07, 6.45) is 1.61. The highest BCUT2D eigenvalue weighted by Crippen LogP contribution is 2.38. The van der Waals surface area contributed by atoms with Crippen molar-refractivity contribution in [1.82, 2.24) is 0 Å². The fourth-order valence-corrected chi connectivity index (χ4v) is 3.54. The maximum Gasteiger partial charge on any atom is 0.235 e. The molecule has 0 saturated carbocycles. The molecule has 1 aliphatic heterocycles. The number of amides is 1. The van der Waals surface area contributed by atoms with Crippen LogP contribution in [0.15, 0.2) is 42.5 Å². The van der Waals surface area contributed by atoms with Gasteiger partial charge in [-0.2, -0.15) is 5.26 Å². The molecule has 152 valence electrons. The second kappa shape index (κ2) is 9.06. The lowest BCUT2D eigenvalue weighted by Crippen LogP contribution is -2.45. The van der Waals surface area contributed by atoms with Crippen LogP contribution in [0, 0.1) is 17.1 Å². The van der Waals surface area contributed by atoms with E-state index in [4.69, 9.17) is 9.47 Å². The zero-order chi connectivity index (χ0) is 20.9. The van der Waals surface area contributed by atoms with E-state index in [2.05, 4.69) is 11.4 Å². The molecule has 0 unspecified atom stereocenters. The van der Waals surface area contributed by atoms with Gasteiger partial charge in [-0.25, -0.2) is 4.39 Å². The third kappa shape index (κ3) is 4.41. The molecule has 0 radical (unpaired) electrons. The first kappa shape index (κ1) is 20.8. The molecule has 5 nitrogen and oxygen atoms in total. The number of anilines is 1. The fourth-order valence-electron chi connectivity index (χ4n) is 3.54.